The van der Waals surface area contributed by atoms with E-state index in [0.29, 0.717) is 37.1 Å². The van der Waals surface area contributed by atoms with Gasteiger partial charge in [0.05, 0.1) is 17.9 Å². The number of pyridine rings is 1. The van der Waals surface area contributed by atoms with Gasteiger partial charge in [0.1, 0.15) is 5.82 Å². The Bertz CT molecular complexity index is 422. The quantitative estimate of drug-likeness (QED) is 0.664. The molecule has 0 saturated heterocycles. The van der Waals surface area contributed by atoms with Crippen molar-refractivity contribution in [1.82, 2.24) is 9.88 Å². The summed E-state index contributed by atoms with van der Waals surface area (Å²) in [4.78, 5) is 6.25. The molecule has 0 spiro atoms. The molecule has 0 amide bonds. The molecule has 0 aromatic carbocycles. The highest BCUT2D eigenvalue weighted by Crippen LogP contribution is 2.21. The standard InChI is InChI=1S/C14H26N4O2/c1-5-8-20-13-11(15)6-7-12(17-13)16-9-14(2,19)10-18(3)4/h6-7,19H,5,8-10,15H2,1-4H3,(H,16,17). The number of aromatic nitrogens is 1. The van der Waals surface area contributed by atoms with Crippen molar-refractivity contribution in [1.29, 1.82) is 0 Å². The summed E-state index contributed by atoms with van der Waals surface area (Å²) in [6, 6.07) is 3.53. The highest BCUT2D eigenvalue weighted by Gasteiger charge is 2.21. The number of anilines is 2. The molecule has 0 radical (unpaired) electrons. The molecule has 0 aliphatic heterocycles. The molecule has 0 aliphatic carbocycles. The maximum atomic E-state index is 10.2. The van der Waals surface area contributed by atoms with Gasteiger partial charge in [-0.15, -0.1) is 0 Å². The lowest BCUT2D eigenvalue weighted by atomic mass is 10.1. The van der Waals surface area contributed by atoms with Gasteiger partial charge in [-0.1, -0.05) is 6.92 Å². The van der Waals surface area contributed by atoms with E-state index in [2.05, 4.69) is 10.3 Å². The van der Waals surface area contributed by atoms with Crippen molar-refractivity contribution in [3.05, 3.63) is 12.1 Å². The monoisotopic (exact) mass is 282 g/mol. The fourth-order valence-corrected chi connectivity index (χ4v) is 1.88. The summed E-state index contributed by atoms with van der Waals surface area (Å²) in [7, 11) is 3.85. The topological polar surface area (TPSA) is 83.6 Å². The van der Waals surface area contributed by atoms with Crippen molar-refractivity contribution in [2.24, 2.45) is 0 Å². The van der Waals surface area contributed by atoms with Crippen LogP contribution in [0.5, 0.6) is 5.88 Å². The largest absolute Gasteiger partial charge is 0.476 e. The van der Waals surface area contributed by atoms with Crippen LogP contribution in [-0.2, 0) is 0 Å². The molecule has 1 atom stereocenters. The van der Waals surface area contributed by atoms with Gasteiger partial charge in [-0.25, -0.2) is 0 Å². The van der Waals surface area contributed by atoms with E-state index < -0.39 is 5.60 Å². The number of hydrogen-bond donors (Lipinski definition) is 3. The van der Waals surface area contributed by atoms with E-state index in [1.54, 1.807) is 19.1 Å². The number of hydrogen-bond acceptors (Lipinski definition) is 6. The SMILES string of the molecule is CCCOc1nc(NCC(C)(O)CN(C)C)ccc1N. The van der Waals surface area contributed by atoms with Crippen LogP contribution < -0.4 is 15.8 Å². The van der Waals surface area contributed by atoms with Gasteiger partial charge in [-0.3, -0.25) is 0 Å². The molecule has 0 bridgehead atoms. The predicted octanol–water partition coefficient (Wildman–Crippen LogP) is 1.18. The number of aliphatic hydroxyl groups is 1. The van der Waals surface area contributed by atoms with Crippen molar-refractivity contribution >= 4 is 11.5 Å². The minimum atomic E-state index is -0.836. The summed E-state index contributed by atoms with van der Waals surface area (Å²) in [5.74, 6) is 1.08. The Labute approximate surface area is 120 Å². The van der Waals surface area contributed by atoms with Crippen LogP contribution in [0.4, 0.5) is 11.5 Å². The minimum Gasteiger partial charge on any atom is -0.476 e. The fraction of sp³-hybridized carbons (Fsp3) is 0.643. The predicted molar refractivity (Wildman–Crippen MR) is 82.1 cm³/mol. The number of nitrogens with zero attached hydrogens (tertiary/aromatic N) is 2. The van der Waals surface area contributed by atoms with Crippen LogP contribution in [-0.4, -0.2) is 54.4 Å². The molecule has 6 nitrogen and oxygen atoms in total. The molecule has 114 valence electrons. The van der Waals surface area contributed by atoms with Crippen LogP contribution in [0.1, 0.15) is 20.3 Å². The average Bonchev–Trinajstić information content (AvgIpc) is 2.35. The maximum Gasteiger partial charge on any atom is 0.239 e. The molecular weight excluding hydrogens is 256 g/mol. The molecule has 1 rings (SSSR count). The third-order valence-corrected chi connectivity index (χ3v) is 2.64. The van der Waals surface area contributed by atoms with Crippen LogP contribution in [0.2, 0.25) is 0 Å². The number of likely N-dealkylation sites (N-methyl/N-ethyl adjacent to an activating group) is 1. The zero-order valence-electron chi connectivity index (χ0n) is 12.8. The summed E-state index contributed by atoms with van der Waals surface area (Å²) in [6.45, 7) is 5.35. The molecule has 1 unspecified atom stereocenters. The highest BCUT2D eigenvalue weighted by molar-refractivity contribution is 5.53. The first kappa shape index (κ1) is 16.5. The van der Waals surface area contributed by atoms with Gasteiger partial charge < -0.3 is 25.8 Å². The third-order valence-electron chi connectivity index (χ3n) is 2.64. The Morgan fingerprint density at radius 3 is 2.75 bits per heavy atom. The molecule has 4 N–H and O–H groups in total. The van der Waals surface area contributed by atoms with Gasteiger partial charge in [0.25, 0.3) is 0 Å². The number of ether oxygens (including phenoxy) is 1. The normalized spacial score (nSPS) is 14.1. The van der Waals surface area contributed by atoms with E-state index in [4.69, 9.17) is 10.5 Å². The van der Waals surface area contributed by atoms with E-state index in [-0.39, 0.29) is 0 Å². The van der Waals surface area contributed by atoms with E-state index in [1.807, 2.05) is 25.9 Å². The first-order valence-electron chi connectivity index (χ1n) is 6.84. The number of nitrogen functional groups attached to an aromatic ring is 1. The molecule has 1 aromatic rings. The Balaban J connectivity index is 2.64. The fourth-order valence-electron chi connectivity index (χ4n) is 1.88. The Hall–Kier alpha value is -1.53. The summed E-state index contributed by atoms with van der Waals surface area (Å²) in [5, 5.41) is 13.3. The summed E-state index contributed by atoms with van der Waals surface area (Å²) in [5.41, 5.74) is 5.49. The molecule has 1 heterocycles. The van der Waals surface area contributed by atoms with Crippen LogP contribution in [0, 0.1) is 0 Å². The van der Waals surface area contributed by atoms with E-state index in [9.17, 15) is 5.11 Å². The Morgan fingerprint density at radius 1 is 1.45 bits per heavy atom. The van der Waals surface area contributed by atoms with Gasteiger partial charge in [0.2, 0.25) is 5.88 Å². The van der Waals surface area contributed by atoms with Crippen LogP contribution >= 0.6 is 0 Å². The lowest BCUT2D eigenvalue weighted by Gasteiger charge is -2.27. The second-order valence-corrected chi connectivity index (χ2v) is 5.53. The van der Waals surface area contributed by atoms with Crippen molar-refractivity contribution in [3.63, 3.8) is 0 Å². The summed E-state index contributed by atoms with van der Waals surface area (Å²) in [6.07, 6.45) is 0.899. The van der Waals surface area contributed by atoms with Gasteiger partial charge in [-0.05, 0) is 39.6 Å². The average molecular weight is 282 g/mol. The lowest BCUT2D eigenvalue weighted by molar-refractivity contribution is 0.0459. The maximum absolute atomic E-state index is 10.2. The molecule has 20 heavy (non-hydrogen) atoms. The van der Waals surface area contributed by atoms with Crippen molar-refractivity contribution in [3.8, 4) is 5.88 Å². The van der Waals surface area contributed by atoms with Crippen LogP contribution in [0.3, 0.4) is 0 Å². The van der Waals surface area contributed by atoms with E-state index in [0.717, 1.165) is 6.42 Å². The van der Waals surface area contributed by atoms with E-state index >= 15 is 0 Å². The molecule has 0 saturated carbocycles. The first-order valence-corrected chi connectivity index (χ1v) is 6.84. The second-order valence-electron chi connectivity index (χ2n) is 5.53. The number of nitrogens with one attached hydrogen (secondary N) is 1. The summed E-state index contributed by atoms with van der Waals surface area (Å²) < 4.78 is 5.48. The first-order chi connectivity index (χ1) is 9.34. The highest BCUT2D eigenvalue weighted by atomic mass is 16.5. The molecular formula is C14H26N4O2. The van der Waals surface area contributed by atoms with Gasteiger partial charge in [0, 0.05) is 13.1 Å². The van der Waals surface area contributed by atoms with Gasteiger partial charge in [-0.2, -0.15) is 4.98 Å². The summed E-state index contributed by atoms with van der Waals surface area (Å²) >= 11 is 0. The van der Waals surface area contributed by atoms with Gasteiger partial charge in [0.15, 0.2) is 0 Å². The van der Waals surface area contributed by atoms with E-state index in [1.165, 1.54) is 0 Å². The number of nitrogens with two attached hydrogens (primary N) is 1. The second kappa shape index (κ2) is 7.31. The van der Waals surface area contributed by atoms with Crippen LogP contribution in [0.25, 0.3) is 0 Å². The van der Waals surface area contributed by atoms with Crippen molar-refractivity contribution < 1.29 is 9.84 Å². The number of rotatable bonds is 8. The molecule has 0 fully saturated rings. The zero-order chi connectivity index (χ0) is 15.2. The van der Waals surface area contributed by atoms with Crippen LogP contribution in [0.15, 0.2) is 12.1 Å². The minimum absolute atomic E-state index is 0.398. The smallest absolute Gasteiger partial charge is 0.239 e. The lowest BCUT2D eigenvalue weighted by Crippen LogP contribution is -2.43. The van der Waals surface area contributed by atoms with Crippen molar-refractivity contribution in [2.75, 3.05) is 44.8 Å². The van der Waals surface area contributed by atoms with Crippen molar-refractivity contribution in [2.45, 2.75) is 25.9 Å². The third kappa shape index (κ3) is 5.63. The zero-order valence-corrected chi connectivity index (χ0v) is 12.8. The van der Waals surface area contributed by atoms with Gasteiger partial charge >= 0.3 is 0 Å². The Morgan fingerprint density at radius 2 is 2.15 bits per heavy atom. The Kier molecular flexibility index (Phi) is 6.04. The molecule has 6 heteroatoms. The molecule has 0 aliphatic rings. The molecule has 1 aromatic heterocycles.